The molecule has 1 aliphatic carbocycles. The Kier molecular flexibility index (Phi) is 4.02. The number of benzene rings is 2. The Balaban J connectivity index is 1.87. The Labute approximate surface area is 129 Å². The van der Waals surface area contributed by atoms with Gasteiger partial charge in [0.05, 0.1) is 0 Å². The summed E-state index contributed by atoms with van der Waals surface area (Å²) in [6.45, 7) is 0. The second-order valence-electron chi connectivity index (χ2n) is 5.37. The smallest absolute Gasteiger partial charge is 0.0439 e. The van der Waals surface area contributed by atoms with Crippen molar-refractivity contribution in [2.75, 3.05) is 7.05 Å². The van der Waals surface area contributed by atoms with Crippen molar-refractivity contribution >= 4 is 23.2 Å². The van der Waals surface area contributed by atoms with E-state index in [9.17, 15) is 0 Å². The quantitative estimate of drug-likeness (QED) is 0.869. The van der Waals surface area contributed by atoms with Crippen LogP contribution in [0.3, 0.4) is 0 Å². The first kappa shape index (κ1) is 13.9. The highest BCUT2D eigenvalue weighted by atomic mass is 35.5. The average molecular weight is 306 g/mol. The first-order chi connectivity index (χ1) is 9.69. The maximum Gasteiger partial charge on any atom is 0.0439 e. The number of rotatable bonds is 3. The van der Waals surface area contributed by atoms with E-state index in [1.807, 2.05) is 25.2 Å². The molecule has 3 rings (SSSR count). The predicted molar refractivity (Wildman–Crippen MR) is 85.6 cm³/mol. The molecule has 20 heavy (non-hydrogen) atoms. The summed E-state index contributed by atoms with van der Waals surface area (Å²) in [5.74, 6) is 0.522. The maximum absolute atomic E-state index is 6.30. The summed E-state index contributed by atoms with van der Waals surface area (Å²) in [6, 6.07) is 14.8. The number of halogens is 2. The molecule has 1 nitrogen and oxygen atoms in total. The van der Waals surface area contributed by atoms with Gasteiger partial charge in [0, 0.05) is 16.1 Å². The molecule has 2 aromatic carbocycles. The van der Waals surface area contributed by atoms with Gasteiger partial charge in [0.25, 0.3) is 0 Å². The first-order valence-corrected chi connectivity index (χ1v) is 7.63. The van der Waals surface area contributed by atoms with Crippen LogP contribution >= 0.6 is 23.2 Å². The monoisotopic (exact) mass is 305 g/mol. The van der Waals surface area contributed by atoms with Crippen LogP contribution in [-0.2, 0) is 12.8 Å². The molecule has 2 unspecified atom stereocenters. The maximum atomic E-state index is 6.30. The van der Waals surface area contributed by atoms with Crippen LogP contribution in [0.4, 0.5) is 0 Å². The molecule has 0 amide bonds. The lowest BCUT2D eigenvalue weighted by molar-refractivity contribution is 0.410. The number of hydrogen-bond acceptors (Lipinski definition) is 1. The van der Waals surface area contributed by atoms with Gasteiger partial charge in [0.1, 0.15) is 0 Å². The van der Waals surface area contributed by atoms with Gasteiger partial charge in [0.15, 0.2) is 0 Å². The number of hydrogen-bond donors (Lipinski definition) is 1. The predicted octanol–water partition coefficient (Wildman–Crippen LogP) is 4.67. The lowest BCUT2D eigenvalue weighted by Gasteiger charge is -2.20. The molecule has 3 heteroatoms. The molecule has 0 aromatic heterocycles. The van der Waals surface area contributed by atoms with Crippen LogP contribution in [0.1, 0.15) is 22.7 Å². The highest BCUT2D eigenvalue weighted by Gasteiger charge is 2.31. The van der Waals surface area contributed by atoms with Gasteiger partial charge in [-0.25, -0.2) is 0 Å². The number of fused-ring (bicyclic) bond motifs is 1. The topological polar surface area (TPSA) is 12.0 Å². The van der Waals surface area contributed by atoms with E-state index in [0.29, 0.717) is 12.0 Å². The van der Waals surface area contributed by atoms with Crippen molar-refractivity contribution in [3.8, 4) is 0 Å². The standard InChI is InChI=1S/C17H17Cl2N/c1-20-17-13(8-11-4-2-3-5-15(11)17)9-12-10-14(18)6-7-16(12)19/h2-7,10,13,17,20H,8-9H2,1H3. The normalized spacial score (nSPS) is 20.9. The molecule has 104 valence electrons. The second kappa shape index (κ2) is 5.77. The minimum absolute atomic E-state index is 0.390. The van der Waals surface area contributed by atoms with Crippen LogP contribution in [0.25, 0.3) is 0 Å². The summed E-state index contributed by atoms with van der Waals surface area (Å²) in [5.41, 5.74) is 3.99. The molecule has 1 aliphatic rings. The van der Waals surface area contributed by atoms with Crippen LogP contribution in [0, 0.1) is 5.92 Å². The first-order valence-electron chi connectivity index (χ1n) is 6.88. The van der Waals surface area contributed by atoms with E-state index in [4.69, 9.17) is 23.2 Å². The van der Waals surface area contributed by atoms with Crippen LogP contribution in [0.15, 0.2) is 42.5 Å². The summed E-state index contributed by atoms with van der Waals surface area (Å²) < 4.78 is 0. The van der Waals surface area contributed by atoms with E-state index >= 15 is 0 Å². The van der Waals surface area contributed by atoms with E-state index in [-0.39, 0.29) is 0 Å². The highest BCUT2D eigenvalue weighted by molar-refractivity contribution is 6.33. The Bertz CT molecular complexity index is 624. The molecule has 0 saturated heterocycles. The fourth-order valence-electron chi connectivity index (χ4n) is 3.24. The minimum atomic E-state index is 0.390. The van der Waals surface area contributed by atoms with Gasteiger partial charge in [-0.2, -0.15) is 0 Å². The van der Waals surface area contributed by atoms with Crippen LogP contribution in [-0.4, -0.2) is 7.05 Å². The van der Waals surface area contributed by atoms with Crippen molar-refractivity contribution in [1.29, 1.82) is 0 Å². The van der Waals surface area contributed by atoms with Gasteiger partial charge < -0.3 is 5.32 Å². The molecule has 1 N–H and O–H groups in total. The van der Waals surface area contributed by atoms with Crippen molar-refractivity contribution in [3.63, 3.8) is 0 Å². The van der Waals surface area contributed by atoms with E-state index in [0.717, 1.165) is 28.5 Å². The Hall–Kier alpha value is -1.02. The van der Waals surface area contributed by atoms with E-state index in [1.54, 1.807) is 0 Å². The third-order valence-electron chi connectivity index (χ3n) is 4.14. The molecule has 0 fully saturated rings. The van der Waals surface area contributed by atoms with Crippen molar-refractivity contribution in [1.82, 2.24) is 5.32 Å². The van der Waals surface area contributed by atoms with Gasteiger partial charge in [-0.1, -0.05) is 47.5 Å². The fraction of sp³-hybridized carbons (Fsp3) is 0.294. The largest absolute Gasteiger partial charge is 0.313 e. The molecule has 2 aromatic rings. The fourth-order valence-corrected chi connectivity index (χ4v) is 3.63. The van der Waals surface area contributed by atoms with Crippen LogP contribution in [0.2, 0.25) is 10.0 Å². The SMILES string of the molecule is CNC1c2ccccc2CC1Cc1cc(Cl)ccc1Cl. The van der Waals surface area contributed by atoms with Gasteiger partial charge in [0.2, 0.25) is 0 Å². The molecule has 0 spiro atoms. The summed E-state index contributed by atoms with van der Waals surface area (Å²) >= 11 is 12.4. The van der Waals surface area contributed by atoms with Gasteiger partial charge in [-0.3, -0.25) is 0 Å². The Morgan fingerprint density at radius 3 is 2.75 bits per heavy atom. The number of nitrogens with one attached hydrogen (secondary N) is 1. The molecular formula is C17H17Cl2N. The van der Waals surface area contributed by atoms with Crippen LogP contribution < -0.4 is 5.32 Å². The molecule has 2 atom stereocenters. The zero-order valence-electron chi connectivity index (χ0n) is 11.4. The van der Waals surface area contributed by atoms with Crippen molar-refractivity contribution < 1.29 is 0 Å². The van der Waals surface area contributed by atoms with Gasteiger partial charge in [-0.15, -0.1) is 0 Å². The molecule has 0 bridgehead atoms. The summed E-state index contributed by atoms with van der Waals surface area (Å²) in [6.07, 6.45) is 2.03. The molecule has 0 aliphatic heterocycles. The molecule has 0 radical (unpaired) electrons. The highest BCUT2D eigenvalue weighted by Crippen LogP contribution is 2.38. The zero-order valence-corrected chi connectivity index (χ0v) is 12.9. The van der Waals surface area contributed by atoms with E-state index in [2.05, 4.69) is 29.6 Å². The third kappa shape index (κ3) is 2.58. The van der Waals surface area contributed by atoms with Crippen molar-refractivity contribution in [2.24, 2.45) is 5.92 Å². The molecule has 0 heterocycles. The lowest BCUT2D eigenvalue weighted by Crippen LogP contribution is -2.23. The second-order valence-corrected chi connectivity index (χ2v) is 6.21. The summed E-state index contributed by atoms with van der Waals surface area (Å²) in [4.78, 5) is 0. The Morgan fingerprint density at radius 1 is 1.15 bits per heavy atom. The van der Waals surface area contributed by atoms with E-state index < -0.39 is 0 Å². The molecule has 0 saturated carbocycles. The summed E-state index contributed by atoms with van der Waals surface area (Å²) in [5, 5.41) is 5.01. The average Bonchev–Trinajstić information content (AvgIpc) is 2.80. The van der Waals surface area contributed by atoms with Gasteiger partial charge >= 0.3 is 0 Å². The van der Waals surface area contributed by atoms with Crippen LogP contribution in [0.5, 0.6) is 0 Å². The van der Waals surface area contributed by atoms with E-state index in [1.165, 1.54) is 11.1 Å². The zero-order chi connectivity index (χ0) is 14.1. The summed E-state index contributed by atoms with van der Waals surface area (Å²) in [7, 11) is 2.03. The van der Waals surface area contributed by atoms with Gasteiger partial charge in [-0.05, 0) is 60.7 Å². The van der Waals surface area contributed by atoms with Crippen molar-refractivity contribution in [2.45, 2.75) is 18.9 Å². The third-order valence-corrected chi connectivity index (χ3v) is 4.75. The Morgan fingerprint density at radius 2 is 1.95 bits per heavy atom. The molecular weight excluding hydrogens is 289 g/mol. The lowest BCUT2D eigenvalue weighted by atomic mass is 9.93. The van der Waals surface area contributed by atoms with Crippen molar-refractivity contribution in [3.05, 3.63) is 69.2 Å². The minimum Gasteiger partial charge on any atom is -0.313 e.